The predicted octanol–water partition coefficient (Wildman–Crippen LogP) is 2.14. The van der Waals surface area contributed by atoms with Crippen LogP contribution in [0.2, 0.25) is 0 Å². The van der Waals surface area contributed by atoms with Crippen LogP contribution in [0.1, 0.15) is 24.4 Å². The number of pyridine rings is 1. The normalized spacial score (nSPS) is 12.8. The number of hydrogen-bond acceptors (Lipinski definition) is 4. The molecule has 1 atom stereocenters. The quantitative estimate of drug-likeness (QED) is 0.759. The second-order valence-corrected chi connectivity index (χ2v) is 4.61. The van der Waals surface area contributed by atoms with Crippen LogP contribution < -0.4 is 5.73 Å². The van der Waals surface area contributed by atoms with E-state index in [1.165, 1.54) is 0 Å². The van der Waals surface area contributed by atoms with Crippen molar-refractivity contribution in [3.05, 3.63) is 47.9 Å². The third-order valence-electron chi connectivity index (χ3n) is 3.20. The lowest BCUT2D eigenvalue weighted by Gasteiger charge is -2.07. The number of rotatable bonds is 2. The van der Waals surface area contributed by atoms with Gasteiger partial charge in [-0.15, -0.1) is 5.10 Å². The molecule has 0 radical (unpaired) electrons. The van der Waals surface area contributed by atoms with E-state index in [-0.39, 0.29) is 6.04 Å². The van der Waals surface area contributed by atoms with Crippen LogP contribution in [0.15, 0.2) is 36.5 Å². The Labute approximate surface area is 111 Å². The van der Waals surface area contributed by atoms with Gasteiger partial charge in [0.05, 0.1) is 16.9 Å². The molecular weight excluding hydrogens is 238 g/mol. The first-order valence-electron chi connectivity index (χ1n) is 6.20. The van der Waals surface area contributed by atoms with Crippen molar-refractivity contribution in [2.45, 2.75) is 19.9 Å². The standard InChI is InChI=1S/C14H15N5/c1-9(15)13-10(2)19(18-17-13)12-7-3-5-11-6-4-8-16-14(11)12/h3-9H,15H2,1-2H3. The Kier molecular flexibility index (Phi) is 2.76. The van der Waals surface area contributed by atoms with Gasteiger partial charge in [-0.2, -0.15) is 0 Å². The molecule has 96 valence electrons. The zero-order chi connectivity index (χ0) is 13.4. The van der Waals surface area contributed by atoms with Crippen molar-refractivity contribution in [2.24, 2.45) is 5.73 Å². The van der Waals surface area contributed by atoms with Crippen molar-refractivity contribution in [1.82, 2.24) is 20.0 Å². The summed E-state index contributed by atoms with van der Waals surface area (Å²) in [5, 5.41) is 9.44. The third-order valence-corrected chi connectivity index (χ3v) is 3.20. The maximum Gasteiger partial charge on any atom is 0.102 e. The van der Waals surface area contributed by atoms with Gasteiger partial charge in [0.1, 0.15) is 5.69 Å². The fraction of sp³-hybridized carbons (Fsp3) is 0.214. The average Bonchev–Trinajstić information content (AvgIpc) is 2.80. The van der Waals surface area contributed by atoms with E-state index in [1.807, 2.05) is 44.2 Å². The number of nitrogens with two attached hydrogens (primary N) is 1. The monoisotopic (exact) mass is 253 g/mol. The lowest BCUT2D eigenvalue weighted by Crippen LogP contribution is -2.08. The maximum atomic E-state index is 5.89. The van der Waals surface area contributed by atoms with E-state index in [0.717, 1.165) is 28.0 Å². The van der Waals surface area contributed by atoms with Gasteiger partial charge in [0.2, 0.25) is 0 Å². The maximum absolute atomic E-state index is 5.89. The minimum Gasteiger partial charge on any atom is -0.323 e. The molecule has 19 heavy (non-hydrogen) atoms. The molecule has 1 unspecified atom stereocenters. The molecule has 0 bridgehead atoms. The lowest BCUT2D eigenvalue weighted by atomic mass is 10.1. The Hall–Kier alpha value is -2.27. The highest BCUT2D eigenvalue weighted by molar-refractivity contribution is 5.86. The van der Waals surface area contributed by atoms with Crippen LogP contribution in [0, 0.1) is 6.92 Å². The summed E-state index contributed by atoms with van der Waals surface area (Å²) in [6.45, 7) is 3.88. The number of para-hydroxylation sites is 1. The van der Waals surface area contributed by atoms with Crippen LogP contribution in [-0.2, 0) is 0 Å². The molecule has 2 aromatic heterocycles. The predicted molar refractivity (Wildman–Crippen MR) is 74.0 cm³/mol. The molecule has 3 rings (SSSR count). The first-order valence-corrected chi connectivity index (χ1v) is 6.20. The lowest BCUT2D eigenvalue weighted by molar-refractivity contribution is 0.757. The van der Waals surface area contributed by atoms with E-state index in [4.69, 9.17) is 5.73 Å². The number of nitrogens with zero attached hydrogens (tertiary/aromatic N) is 4. The van der Waals surface area contributed by atoms with Crippen LogP contribution in [0.3, 0.4) is 0 Å². The van der Waals surface area contributed by atoms with Crippen LogP contribution in [0.25, 0.3) is 16.6 Å². The van der Waals surface area contributed by atoms with Crippen molar-refractivity contribution >= 4 is 10.9 Å². The molecule has 3 aromatic rings. The summed E-state index contributed by atoms with van der Waals surface area (Å²) < 4.78 is 1.80. The average molecular weight is 253 g/mol. The molecule has 1 aromatic carbocycles. The highest BCUT2D eigenvalue weighted by Gasteiger charge is 2.14. The van der Waals surface area contributed by atoms with Gasteiger partial charge >= 0.3 is 0 Å². The van der Waals surface area contributed by atoms with E-state index >= 15 is 0 Å². The zero-order valence-corrected chi connectivity index (χ0v) is 10.9. The molecule has 2 N–H and O–H groups in total. The Morgan fingerprint density at radius 3 is 2.74 bits per heavy atom. The van der Waals surface area contributed by atoms with Crippen LogP contribution in [0.4, 0.5) is 0 Å². The molecule has 0 amide bonds. The Bertz CT molecular complexity index is 724. The van der Waals surface area contributed by atoms with E-state index in [0.29, 0.717) is 0 Å². The zero-order valence-electron chi connectivity index (χ0n) is 10.9. The minimum absolute atomic E-state index is 0.128. The van der Waals surface area contributed by atoms with Crippen molar-refractivity contribution in [1.29, 1.82) is 0 Å². The molecule has 0 aliphatic rings. The van der Waals surface area contributed by atoms with Gasteiger partial charge in [-0.25, -0.2) is 4.68 Å². The summed E-state index contributed by atoms with van der Waals surface area (Å²) >= 11 is 0. The fourth-order valence-corrected chi connectivity index (χ4v) is 2.25. The number of aromatic nitrogens is 4. The van der Waals surface area contributed by atoms with Gasteiger partial charge in [-0.3, -0.25) is 4.98 Å². The summed E-state index contributed by atoms with van der Waals surface area (Å²) in [4.78, 5) is 4.43. The summed E-state index contributed by atoms with van der Waals surface area (Å²) in [5.41, 5.74) is 9.49. The molecule has 2 heterocycles. The number of benzene rings is 1. The first-order chi connectivity index (χ1) is 9.18. The number of hydrogen-bond donors (Lipinski definition) is 1. The van der Waals surface area contributed by atoms with E-state index in [2.05, 4.69) is 15.3 Å². The van der Waals surface area contributed by atoms with Gasteiger partial charge in [0.25, 0.3) is 0 Å². The highest BCUT2D eigenvalue weighted by atomic mass is 15.4. The summed E-state index contributed by atoms with van der Waals surface area (Å²) in [6.07, 6.45) is 1.78. The van der Waals surface area contributed by atoms with E-state index in [1.54, 1.807) is 10.9 Å². The second kappa shape index (κ2) is 4.44. The fourth-order valence-electron chi connectivity index (χ4n) is 2.25. The topological polar surface area (TPSA) is 69.6 Å². The van der Waals surface area contributed by atoms with Gasteiger partial charge in [0, 0.05) is 17.6 Å². The second-order valence-electron chi connectivity index (χ2n) is 4.61. The van der Waals surface area contributed by atoms with Crippen LogP contribution >= 0.6 is 0 Å². The highest BCUT2D eigenvalue weighted by Crippen LogP contribution is 2.22. The van der Waals surface area contributed by atoms with Gasteiger partial charge in [-0.05, 0) is 26.0 Å². The molecule has 5 heteroatoms. The SMILES string of the molecule is Cc1c(C(C)N)nnn1-c1cccc2cccnc12. The Morgan fingerprint density at radius 1 is 1.21 bits per heavy atom. The molecule has 0 aliphatic heterocycles. The van der Waals surface area contributed by atoms with Gasteiger partial charge in [-0.1, -0.05) is 23.4 Å². The Balaban J connectivity index is 2.25. The van der Waals surface area contributed by atoms with Crippen LogP contribution in [0.5, 0.6) is 0 Å². The van der Waals surface area contributed by atoms with Crippen LogP contribution in [-0.4, -0.2) is 20.0 Å². The van der Waals surface area contributed by atoms with E-state index in [9.17, 15) is 0 Å². The molecule has 0 fully saturated rings. The molecule has 5 nitrogen and oxygen atoms in total. The number of fused-ring (bicyclic) bond motifs is 1. The summed E-state index contributed by atoms with van der Waals surface area (Å²) in [6, 6.07) is 9.84. The third kappa shape index (κ3) is 1.88. The van der Waals surface area contributed by atoms with Gasteiger partial charge in [0.15, 0.2) is 0 Å². The van der Waals surface area contributed by atoms with Crippen molar-refractivity contribution in [3.8, 4) is 5.69 Å². The minimum atomic E-state index is -0.128. The molecule has 0 spiro atoms. The summed E-state index contributed by atoms with van der Waals surface area (Å²) in [5.74, 6) is 0. The molecule has 0 aliphatic carbocycles. The van der Waals surface area contributed by atoms with Gasteiger partial charge < -0.3 is 5.73 Å². The molecular formula is C14H15N5. The largest absolute Gasteiger partial charge is 0.323 e. The smallest absolute Gasteiger partial charge is 0.102 e. The first kappa shape index (κ1) is 11.8. The summed E-state index contributed by atoms with van der Waals surface area (Å²) in [7, 11) is 0. The van der Waals surface area contributed by atoms with Crippen molar-refractivity contribution in [3.63, 3.8) is 0 Å². The molecule has 0 saturated heterocycles. The van der Waals surface area contributed by atoms with E-state index < -0.39 is 0 Å². The van der Waals surface area contributed by atoms with Crippen molar-refractivity contribution < 1.29 is 0 Å². The molecule has 0 saturated carbocycles. The van der Waals surface area contributed by atoms with Crippen molar-refractivity contribution in [2.75, 3.05) is 0 Å². The Morgan fingerprint density at radius 2 is 2.00 bits per heavy atom.